The lowest BCUT2D eigenvalue weighted by atomic mass is 9.99. The highest BCUT2D eigenvalue weighted by Crippen LogP contribution is 2.41. The molecule has 338 valence electrons. The zero-order valence-electron chi connectivity index (χ0n) is 33.9. The number of hydrogen-bond acceptors (Lipinski definition) is 20. The summed E-state index contributed by atoms with van der Waals surface area (Å²) < 4.78 is 50.4. The second-order valence-corrected chi connectivity index (χ2v) is 13.9. The third-order valence-corrected chi connectivity index (χ3v) is 9.50. The summed E-state index contributed by atoms with van der Waals surface area (Å²) in [5.41, 5.74) is 1.24. The summed E-state index contributed by atoms with van der Waals surface area (Å²) in [7, 11) is 2.65. The van der Waals surface area contributed by atoms with Crippen molar-refractivity contribution in [2.45, 2.75) is 61.7 Å². The fourth-order valence-corrected chi connectivity index (χ4v) is 6.33. The predicted molar refractivity (Wildman–Crippen MR) is 214 cm³/mol. The highest BCUT2D eigenvalue weighted by Gasteiger charge is 2.64. The van der Waals surface area contributed by atoms with E-state index in [-0.39, 0.29) is 28.7 Å². The van der Waals surface area contributed by atoms with Crippen molar-refractivity contribution >= 4 is 42.1 Å². The monoisotopic (exact) mass is 882 g/mol. The van der Waals surface area contributed by atoms with E-state index >= 15 is 0 Å². The lowest BCUT2D eigenvalue weighted by Gasteiger charge is -2.43. The third kappa shape index (κ3) is 12.3. The molecule has 0 amide bonds. The van der Waals surface area contributed by atoms with E-state index < -0.39 is 98.5 Å². The number of hydrogen-bond donors (Lipinski definition) is 7. The van der Waals surface area contributed by atoms with Gasteiger partial charge in [-0.3, -0.25) is 4.79 Å². The first kappa shape index (κ1) is 47.5. The van der Waals surface area contributed by atoms with Crippen LogP contribution in [0.25, 0.3) is 18.2 Å². The Labute approximate surface area is 359 Å². The molecule has 20 heteroatoms. The summed E-state index contributed by atoms with van der Waals surface area (Å²) in [4.78, 5) is 52.6. The van der Waals surface area contributed by atoms with Gasteiger partial charge >= 0.3 is 23.9 Å². The standard InChI is InChI=1S/C43H46O20/c1-23(45)59-40-33(21-57-34(49)16-9-25-6-13-28(47)30(18-25)55-2)62-43(63-42-39(54)38(53)37(52)32(20-44)60-42,22-58-35(50)15-8-24-4-11-27(46)12-5-24)41(40)61-36(51)17-10-26-7-14-29(48)31(19-26)56-3/h4-19,32-33,37-42,44,46-48,52-54H,20-22H2,1-3H3/t32-,33-,37-,38+,39-,40-,41+,42-,43+/m1/s1. The van der Waals surface area contributed by atoms with E-state index in [0.717, 1.165) is 25.2 Å². The summed E-state index contributed by atoms with van der Waals surface area (Å²) in [6, 6.07) is 14.1. The Morgan fingerprint density at radius 1 is 0.683 bits per heavy atom. The molecule has 0 bridgehead atoms. The van der Waals surface area contributed by atoms with Crippen LogP contribution in [0, 0.1) is 0 Å². The molecule has 5 rings (SSSR count). The average molecular weight is 883 g/mol. The predicted octanol–water partition coefficient (Wildman–Crippen LogP) is 1.10. The van der Waals surface area contributed by atoms with Crippen LogP contribution in [0.1, 0.15) is 23.6 Å². The molecule has 7 N–H and O–H groups in total. The van der Waals surface area contributed by atoms with Crippen molar-refractivity contribution in [3.63, 3.8) is 0 Å². The van der Waals surface area contributed by atoms with Crippen LogP contribution in [0.15, 0.2) is 78.9 Å². The summed E-state index contributed by atoms with van der Waals surface area (Å²) in [6.45, 7) is -1.70. The first-order valence-electron chi connectivity index (χ1n) is 19.0. The van der Waals surface area contributed by atoms with E-state index in [1.807, 2.05) is 0 Å². The lowest BCUT2D eigenvalue weighted by molar-refractivity contribution is -0.383. The summed E-state index contributed by atoms with van der Waals surface area (Å²) >= 11 is 0. The van der Waals surface area contributed by atoms with Gasteiger partial charge in [0.1, 0.15) is 49.5 Å². The molecule has 9 atom stereocenters. The van der Waals surface area contributed by atoms with Crippen LogP contribution in [0.5, 0.6) is 28.7 Å². The lowest BCUT2D eigenvalue weighted by Crippen LogP contribution is -2.63. The van der Waals surface area contributed by atoms with Gasteiger partial charge in [0.2, 0.25) is 5.79 Å². The van der Waals surface area contributed by atoms with Gasteiger partial charge in [-0.25, -0.2) is 14.4 Å². The molecule has 0 spiro atoms. The molecular formula is C43H46O20. The average Bonchev–Trinajstić information content (AvgIpc) is 3.53. The van der Waals surface area contributed by atoms with Gasteiger partial charge in [-0.15, -0.1) is 0 Å². The maximum absolute atomic E-state index is 13.7. The number of aromatic hydroxyl groups is 3. The van der Waals surface area contributed by atoms with Crippen LogP contribution in [0.2, 0.25) is 0 Å². The fourth-order valence-electron chi connectivity index (χ4n) is 6.33. The Morgan fingerprint density at radius 2 is 1.22 bits per heavy atom. The molecule has 2 aliphatic rings. The molecule has 0 aliphatic carbocycles. The number of aliphatic hydroxyl groups is 4. The minimum Gasteiger partial charge on any atom is -0.508 e. The quantitative estimate of drug-likeness (QED) is 0.0567. The van der Waals surface area contributed by atoms with Crippen LogP contribution >= 0.6 is 0 Å². The van der Waals surface area contributed by atoms with Gasteiger partial charge in [0.25, 0.3) is 0 Å². The van der Waals surface area contributed by atoms with Crippen molar-refractivity contribution in [3.05, 3.63) is 95.6 Å². The third-order valence-electron chi connectivity index (χ3n) is 9.50. The normalized spacial score (nSPS) is 25.8. The number of methoxy groups -OCH3 is 2. The molecule has 0 radical (unpaired) electrons. The van der Waals surface area contributed by atoms with Gasteiger partial charge in [-0.05, 0) is 71.3 Å². The number of phenols is 3. The van der Waals surface area contributed by atoms with E-state index in [2.05, 4.69) is 0 Å². The molecule has 3 aromatic carbocycles. The Bertz CT molecular complexity index is 2170. The number of esters is 4. The number of aliphatic hydroxyl groups excluding tert-OH is 4. The second kappa shape index (κ2) is 21.5. The van der Waals surface area contributed by atoms with Crippen LogP contribution < -0.4 is 9.47 Å². The molecule has 0 aromatic heterocycles. The smallest absolute Gasteiger partial charge is 0.331 e. The first-order chi connectivity index (χ1) is 30.1. The number of ether oxygens (including phenoxy) is 9. The number of carbonyl (C=O) groups excluding carboxylic acids is 4. The van der Waals surface area contributed by atoms with E-state index in [1.165, 1.54) is 93.1 Å². The van der Waals surface area contributed by atoms with Crippen molar-refractivity contribution in [1.29, 1.82) is 0 Å². The Kier molecular flexibility index (Phi) is 16.2. The van der Waals surface area contributed by atoms with E-state index in [9.17, 15) is 54.9 Å². The molecule has 2 fully saturated rings. The zero-order valence-corrected chi connectivity index (χ0v) is 33.9. The Morgan fingerprint density at radius 3 is 1.78 bits per heavy atom. The second-order valence-electron chi connectivity index (χ2n) is 13.9. The molecule has 3 aromatic rings. The molecule has 2 saturated heterocycles. The fraction of sp³-hybridized carbons (Fsp3) is 0.349. The van der Waals surface area contributed by atoms with E-state index in [4.69, 9.17) is 42.6 Å². The van der Waals surface area contributed by atoms with Gasteiger partial charge in [-0.2, -0.15) is 0 Å². The summed E-state index contributed by atoms with van der Waals surface area (Å²) in [5.74, 6) is -6.97. The number of carbonyl (C=O) groups is 4. The van der Waals surface area contributed by atoms with Crippen LogP contribution in [0.3, 0.4) is 0 Å². The molecule has 63 heavy (non-hydrogen) atoms. The van der Waals surface area contributed by atoms with Gasteiger partial charge in [-0.1, -0.05) is 24.3 Å². The van der Waals surface area contributed by atoms with Crippen molar-refractivity contribution < 1.29 is 97.6 Å². The molecule has 2 aliphatic heterocycles. The molecular weight excluding hydrogens is 836 g/mol. The SMILES string of the molecule is COc1cc(C=CC(=O)OC[C@H]2O[C@@](COC(=O)C=Cc3ccc(O)cc3)(O[C@H]3O[C@H](CO)[C@@H](O)[C@H](O)[C@H]3O)[C@@H](OC(=O)C=Cc3ccc(O)c(OC)c3)[C@@H]2OC(C)=O)ccc1O. The van der Waals surface area contributed by atoms with Gasteiger partial charge in [0, 0.05) is 25.2 Å². The molecule has 2 heterocycles. The maximum Gasteiger partial charge on any atom is 0.331 e. The number of phenolic OH excluding ortho intramolecular Hbond substituents is 3. The van der Waals surface area contributed by atoms with Crippen LogP contribution in [0.4, 0.5) is 0 Å². The van der Waals surface area contributed by atoms with Gasteiger partial charge in [0.15, 0.2) is 41.5 Å². The zero-order chi connectivity index (χ0) is 45.8. The first-order valence-corrected chi connectivity index (χ1v) is 19.0. The highest BCUT2D eigenvalue weighted by atomic mass is 16.8. The van der Waals surface area contributed by atoms with Crippen LogP contribution in [-0.4, -0.2) is 148 Å². The van der Waals surface area contributed by atoms with Gasteiger partial charge in [0.05, 0.1) is 20.8 Å². The number of rotatable bonds is 17. The Balaban J connectivity index is 1.52. The van der Waals surface area contributed by atoms with Crippen LogP contribution in [-0.2, 0) is 52.3 Å². The van der Waals surface area contributed by atoms with Crippen molar-refractivity contribution in [3.8, 4) is 28.7 Å². The topological polar surface area (TPSA) is 293 Å². The Hall–Kier alpha value is -6.52. The number of benzene rings is 3. The van der Waals surface area contributed by atoms with E-state index in [1.54, 1.807) is 0 Å². The highest BCUT2D eigenvalue weighted by molar-refractivity contribution is 5.88. The summed E-state index contributed by atoms with van der Waals surface area (Å²) in [6.07, 6.45) is -8.00. The minimum absolute atomic E-state index is 0.0322. The van der Waals surface area contributed by atoms with Crippen molar-refractivity contribution in [2.75, 3.05) is 34.0 Å². The molecule has 0 saturated carbocycles. The molecule has 0 unspecified atom stereocenters. The maximum atomic E-state index is 13.7. The van der Waals surface area contributed by atoms with Gasteiger partial charge < -0.3 is 78.4 Å². The van der Waals surface area contributed by atoms with Crippen molar-refractivity contribution in [2.24, 2.45) is 0 Å². The minimum atomic E-state index is -2.67. The summed E-state index contributed by atoms with van der Waals surface area (Å²) in [5, 5.41) is 71.6. The molecule has 20 nitrogen and oxygen atoms in total. The van der Waals surface area contributed by atoms with E-state index in [0.29, 0.717) is 16.7 Å². The van der Waals surface area contributed by atoms with Crippen molar-refractivity contribution in [1.82, 2.24) is 0 Å². The largest absolute Gasteiger partial charge is 0.508 e.